The minimum Gasteiger partial charge on any atom is -0.481 e. The van der Waals surface area contributed by atoms with Gasteiger partial charge in [-0.05, 0) is 37.1 Å². The highest BCUT2D eigenvalue weighted by atomic mass is 19.1. The number of unbranched alkanes of at least 4 members (excludes halogenated alkanes) is 2. The lowest BCUT2D eigenvalue weighted by molar-refractivity contribution is -0.137. The van der Waals surface area contributed by atoms with Crippen molar-refractivity contribution in [1.29, 1.82) is 0 Å². The van der Waals surface area contributed by atoms with Gasteiger partial charge in [0.2, 0.25) is 0 Å². The summed E-state index contributed by atoms with van der Waals surface area (Å²) in [5.41, 5.74) is 0.468. The first kappa shape index (κ1) is 21.8. The van der Waals surface area contributed by atoms with Crippen LogP contribution in [0, 0.1) is 5.82 Å². The number of hydrogen-bond acceptors (Lipinski definition) is 3. The Labute approximate surface area is 168 Å². The summed E-state index contributed by atoms with van der Waals surface area (Å²) in [6, 6.07) is 14.3. The summed E-state index contributed by atoms with van der Waals surface area (Å²) in [7, 11) is 0. The second-order valence-electron chi connectivity index (χ2n) is 6.36. The smallest absolute Gasteiger partial charge is 0.303 e. The van der Waals surface area contributed by atoms with Crippen LogP contribution in [-0.2, 0) is 9.59 Å². The molecule has 0 aromatic heterocycles. The highest BCUT2D eigenvalue weighted by Crippen LogP contribution is 2.11. The molecule has 0 saturated heterocycles. The monoisotopic (exact) mass is 398 g/mol. The number of carbonyl (C=O) groups excluding carboxylic acids is 2. The topological polar surface area (TPSA) is 95.5 Å². The van der Waals surface area contributed by atoms with Gasteiger partial charge < -0.3 is 15.7 Å². The van der Waals surface area contributed by atoms with Crippen molar-refractivity contribution < 1.29 is 23.9 Å². The van der Waals surface area contributed by atoms with Crippen LogP contribution < -0.4 is 10.6 Å². The molecule has 0 saturated carbocycles. The number of carboxylic acids is 1. The van der Waals surface area contributed by atoms with Crippen molar-refractivity contribution in [2.24, 2.45) is 0 Å². The van der Waals surface area contributed by atoms with Crippen molar-refractivity contribution in [2.45, 2.75) is 25.7 Å². The molecule has 0 aliphatic heterocycles. The zero-order chi connectivity index (χ0) is 21.1. The summed E-state index contributed by atoms with van der Waals surface area (Å²) < 4.78 is 14.0. The first-order chi connectivity index (χ1) is 14.0. The van der Waals surface area contributed by atoms with Crippen molar-refractivity contribution in [1.82, 2.24) is 10.6 Å². The molecule has 2 rings (SSSR count). The van der Waals surface area contributed by atoms with E-state index in [9.17, 15) is 18.8 Å². The molecule has 7 heteroatoms. The lowest BCUT2D eigenvalue weighted by atomic mass is 10.1. The van der Waals surface area contributed by atoms with E-state index in [0.717, 1.165) is 0 Å². The first-order valence-corrected chi connectivity index (χ1v) is 9.30. The van der Waals surface area contributed by atoms with Gasteiger partial charge in [0.1, 0.15) is 11.5 Å². The molecular formula is C22H23FN2O4. The molecule has 0 spiro atoms. The molecule has 2 aromatic rings. The van der Waals surface area contributed by atoms with Crippen LogP contribution in [0.15, 0.2) is 60.3 Å². The Balaban J connectivity index is 2.06. The number of aliphatic carboxylic acids is 1. The molecule has 0 atom stereocenters. The number of carboxylic acid groups (broad SMARTS) is 1. The molecule has 152 valence electrons. The Bertz CT molecular complexity index is 881. The molecule has 2 amide bonds. The summed E-state index contributed by atoms with van der Waals surface area (Å²) in [5.74, 6) is -2.39. The summed E-state index contributed by atoms with van der Waals surface area (Å²) in [6.07, 6.45) is 3.14. The number of nitrogens with one attached hydrogen (secondary N) is 2. The van der Waals surface area contributed by atoms with Gasteiger partial charge in [-0.1, -0.05) is 42.8 Å². The van der Waals surface area contributed by atoms with Crippen LogP contribution in [0.5, 0.6) is 0 Å². The molecule has 0 heterocycles. The van der Waals surface area contributed by atoms with Gasteiger partial charge in [-0.2, -0.15) is 0 Å². The second kappa shape index (κ2) is 11.4. The fourth-order valence-electron chi connectivity index (χ4n) is 2.57. The van der Waals surface area contributed by atoms with Gasteiger partial charge >= 0.3 is 5.97 Å². The van der Waals surface area contributed by atoms with Crippen LogP contribution >= 0.6 is 0 Å². The van der Waals surface area contributed by atoms with Crippen LogP contribution in [0.25, 0.3) is 6.08 Å². The van der Waals surface area contributed by atoms with E-state index in [4.69, 9.17) is 5.11 Å². The van der Waals surface area contributed by atoms with Gasteiger partial charge in [0.05, 0.1) is 0 Å². The molecule has 29 heavy (non-hydrogen) atoms. The van der Waals surface area contributed by atoms with E-state index in [1.165, 1.54) is 24.3 Å². The fraction of sp³-hybridized carbons (Fsp3) is 0.227. The molecule has 3 N–H and O–H groups in total. The number of carbonyl (C=O) groups is 3. The zero-order valence-corrected chi connectivity index (χ0v) is 15.9. The zero-order valence-electron chi connectivity index (χ0n) is 15.9. The standard InChI is InChI=1S/C22H23FN2O4/c23-18-12-7-6-11-17(18)15-19(25-21(28)16-9-3-1-4-10-16)22(29)24-14-8-2-5-13-20(26)27/h1,3-4,6-7,9-12,15H,2,5,8,13-14H2,(H,24,29)(H,25,28)(H,26,27)/b19-15+. The average molecular weight is 398 g/mol. The van der Waals surface area contributed by atoms with Gasteiger partial charge in [0.25, 0.3) is 11.8 Å². The maximum atomic E-state index is 14.0. The summed E-state index contributed by atoms with van der Waals surface area (Å²) in [5, 5.41) is 13.8. The van der Waals surface area contributed by atoms with E-state index in [1.807, 2.05) is 0 Å². The minimum absolute atomic E-state index is 0.0745. The Morgan fingerprint density at radius 1 is 0.931 bits per heavy atom. The number of hydrogen-bond donors (Lipinski definition) is 3. The number of benzene rings is 2. The SMILES string of the molecule is O=C(O)CCCCCNC(=O)/C(=C\c1ccccc1F)NC(=O)c1ccccc1. The lowest BCUT2D eigenvalue weighted by Gasteiger charge is -2.11. The third-order valence-electron chi connectivity index (χ3n) is 4.09. The second-order valence-corrected chi connectivity index (χ2v) is 6.36. The van der Waals surface area contributed by atoms with E-state index in [0.29, 0.717) is 31.4 Å². The summed E-state index contributed by atoms with van der Waals surface area (Å²) >= 11 is 0. The molecule has 6 nitrogen and oxygen atoms in total. The Kier molecular flexibility index (Phi) is 8.56. The predicted molar refractivity (Wildman–Crippen MR) is 107 cm³/mol. The normalized spacial score (nSPS) is 11.0. The number of rotatable bonds is 10. The molecule has 0 bridgehead atoms. The fourth-order valence-corrected chi connectivity index (χ4v) is 2.57. The highest BCUT2D eigenvalue weighted by molar-refractivity contribution is 6.05. The minimum atomic E-state index is -0.854. The van der Waals surface area contributed by atoms with Gasteiger partial charge in [-0.25, -0.2) is 4.39 Å². The quantitative estimate of drug-likeness (QED) is 0.422. The van der Waals surface area contributed by atoms with Crippen molar-refractivity contribution >= 4 is 23.9 Å². The Hall–Kier alpha value is -3.48. The van der Waals surface area contributed by atoms with Gasteiger partial charge in [-0.15, -0.1) is 0 Å². The van der Waals surface area contributed by atoms with Crippen molar-refractivity contribution in [2.75, 3.05) is 6.54 Å². The van der Waals surface area contributed by atoms with Crippen molar-refractivity contribution in [3.63, 3.8) is 0 Å². The van der Waals surface area contributed by atoms with Crippen molar-refractivity contribution in [3.8, 4) is 0 Å². The van der Waals surface area contributed by atoms with E-state index >= 15 is 0 Å². The summed E-state index contributed by atoms with van der Waals surface area (Å²) in [6.45, 7) is 0.314. The molecular weight excluding hydrogens is 375 g/mol. The molecule has 0 aliphatic carbocycles. The van der Waals surface area contributed by atoms with E-state index in [2.05, 4.69) is 10.6 Å². The highest BCUT2D eigenvalue weighted by Gasteiger charge is 2.15. The van der Waals surface area contributed by atoms with Crippen LogP contribution in [0.4, 0.5) is 4.39 Å². The van der Waals surface area contributed by atoms with Crippen LogP contribution in [0.2, 0.25) is 0 Å². The van der Waals surface area contributed by atoms with Gasteiger partial charge in [-0.3, -0.25) is 14.4 Å². The maximum absolute atomic E-state index is 14.0. The number of amides is 2. The van der Waals surface area contributed by atoms with Gasteiger partial charge in [0.15, 0.2) is 0 Å². The molecule has 0 unspecified atom stereocenters. The third-order valence-corrected chi connectivity index (χ3v) is 4.09. The lowest BCUT2D eigenvalue weighted by Crippen LogP contribution is -2.35. The Morgan fingerprint density at radius 2 is 1.62 bits per heavy atom. The number of halogens is 1. The van der Waals surface area contributed by atoms with Gasteiger partial charge in [0, 0.05) is 24.1 Å². The van der Waals surface area contributed by atoms with Crippen LogP contribution in [0.3, 0.4) is 0 Å². The third kappa shape index (κ3) is 7.57. The first-order valence-electron chi connectivity index (χ1n) is 9.30. The van der Waals surface area contributed by atoms with Crippen LogP contribution in [0.1, 0.15) is 41.6 Å². The van der Waals surface area contributed by atoms with E-state index in [-0.39, 0.29) is 17.7 Å². The largest absolute Gasteiger partial charge is 0.481 e. The van der Waals surface area contributed by atoms with E-state index < -0.39 is 23.6 Å². The molecule has 0 aliphatic rings. The van der Waals surface area contributed by atoms with E-state index in [1.54, 1.807) is 36.4 Å². The molecule has 2 aromatic carbocycles. The molecule has 0 radical (unpaired) electrons. The molecule has 0 fully saturated rings. The Morgan fingerprint density at radius 3 is 2.31 bits per heavy atom. The maximum Gasteiger partial charge on any atom is 0.303 e. The van der Waals surface area contributed by atoms with Crippen molar-refractivity contribution in [3.05, 3.63) is 77.2 Å². The summed E-state index contributed by atoms with van der Waals surface area (Å²) in [4.78, 5) is 35.5. The predicted octanol–water partition coefficient (Wildman–Crippen LogP) is 3.36. The van der Waals surface area contributed by atoms with Crippen LogP contribution in [-0.4, -0.2) is 29.4 Å². The average Bonchev–Trinajstić information content (AvgIpc) is 2.71.